The molecule has 9 heteroatoms. The van der Waals surface area contributed by atoms with E-state index >= 15 is 0 Å². The van der Waals surface area contributed by atoms with Gasteiger partial charge in [0.1, 0.15) is 22.8 Å². The van der Waals surface area contributed by atoms with Crippen molar-refractivity contribution in [2.24, 2.45) is 0 Å². The molecular formula is C30H40O9. The first-order valence-corrected chi connectivity index (χ1v) is 13.3. The Labute approximate surface area is 230 Å². The number of hydrogen-bond donors (Lipinski definition) is 0. The van der Waals surface area contributed by atoms with E-state index < -0.39 is 11.8 Å². The van der Waals surface area contributed by atoms with E-state index in [-0.39, 0.29) is 53.1 Å². The largest absolute Gasteiger partial charge is 0.493 e. The molecule has 214 valence electrons. The fraction of sp³-hybridized carbons (Fsp3) is 0.500. The minimum Gasteiger partial charge on any atom is -0.493 e. The van der Waals surface area contributed by atoms with Gasteiger partial charge in [0.05, 0.1) is 24.8 Å². The molecule has 0 aliphatic carbocycles. The van der Waals surface area contributed by atoms with Gasteiger partial charge in [-0.05, 0) is 24.6 Å². The molecule has 39 heavy (non-hydrogen) atoms. The fourth-order valence-electron chi connectivity index (χ4n) is 4.07. The Morgan fingerprint density at radius 1 is 0.744 bits per heavy atom. The van der Waals surface area contributed by atoms with E-state index in [9.17, 15) is 14.4 Å². The van der Waals surface area contributed by atoms with Crippen LogP contribution in [0.4, 0.5) is 0 Å². The Kier molecular flexibility index (Phi) is 14.6. The third-order valence-electron chi connectivity index (χ3n) is 6.05. The number of hydrogen-bond acceptors (Lipinski definition) is 9. The predicted molar refractivity (Wildman–Crippen MR) is 146 cm³/mol. The summed E-state index contributed by atoms with van der Waals surface area (Å²) in [5.74, 6) is -0.845. The molecule has 0 aromatic heterocycles. The van der Waals surface area contributed by atoms with Gasteiger partial charge in [-0.15, -0.1) is 0 Å². The van der Waals surface area contributed by atoms with Crippen molar-refractivity contribution in [1.29, 1.82) is 0 Å². The minimum atomic E-state index is -0.620. The maximum absolute atomic E-state index is 14.0. The third kappa shape index (κ3) is 9.67. The molecule has 0 aliphatic rings. The van der Waals surface area contributed by atoms with Crippen LogP contribution < -0.4 is 14.2 Å². The Morgan fingerprint density at radius 3 is 1.92 bits per heavy atom. The molecule has 0 radical (unpaired) electrons. The van der Waals surface area contributed by atoms with Crippen LogP contribution in [0.25, 0.3) is 0 Å². The number of aldehydes is 1. The zero-order chi connectivity index (χ0) is 28.5. The molecule has 0 bridgehead atoms. The van der Waals surface area contributed by atoms with Gasteiger partial charge in [0.15, 0.2) is 19.9 Å². The van der Waals surface area contributed by atoms with Crippen LogP contribution in [0.5, 0.6) is 17.2 Å². The van der Waals surface area contributed by atoms with E-state index in [0.717, 1.165) is 19.3 Å². The van der Waals surface area contributed by atoms with Gasteiger partial charge in [-0.3, -0.25) is 9.59 Å². The molecule has 9 nitrogen and oxygen atoms in total. The van der Waals surface area contributed by atoms with Crippen molar-refractivity contribution in [2.75, 3.05) is 41.5 Å². The molecule has 0 spiro atoms. The van der Waals surface area contributed by atoms with Crippen molar-refractivity contribution >= 4 is 18.0 Å². The van der Waals surface area contributed by atoms with Gasteiger partial charge in [0.2, 0.25) is 5.78 Å². The van der Waals surface area contributed by atoms with Gasteiger partial charge in [-0.1, -0.05) is 64.0 Å². The summed E-state index contributed by atoms with van der Waals surface area (Å²) in [5, 5.41) is 0. The van der Waals surface area contributed by atoms with Gasteiger partial charge in [0, 0.05) is 19.8 Å². The second-order valence-electron chi connectivity index (χ2n) is 8.93. The van der Waals surface area contributed by atoms with Crippen LogP contribution in [0, 0.1) is 0 Å². The zero-order valence-corrected chi connectivity index (χ0v) is 23.4. The molecule has 0 atom stereocenters. The second kappa shape index (κ2) is 18.0. The number of benzene rings is 2. The lowest BCUT2D eigenvalue weighted by molar-refractivity contribution is 0.0486. The Balaban J connectivity index is 2.43. The number of ketones is 1. The summed E-state index contributed by atoms with van der Waals surface area (Å²) < 4.78 is 32.3. The molecule has 0 unspecified atom stereocenters. The van der Waals surface area contributed by atoms with E-state index in [1.165, 1.54) is 71.6 Å². The molecule has 0 aliphatic heterocycles. The van der Waals surface area contributed by atoms with Crippen molar-refractivity contribution in [3.8, 4) is 17.2 Å². The smallest absolute Gasteiger partial charge is 0.338 e. The van der Waals surface area contributed by atoms with Gasteiger partial charge in [-0.2, -0.15) is 0 Å². The summed E-state index contributed by atoms with van der Waals surface area (Å²) in [6, 6.07) is 7.52. The summed E-state index contributed by atoms with van der Waals surface area (Å²) >= 11 is 0. The quantitative estimate of drug-likeness (QED) is 0.0652. The lowest BCUT2D eigenvalue weighted by Gasteiger charge is -2.19. The van der Waals surface area contributed by atoms with Crippen molar-refractivity contribution < 1.29 is 42.8 Å². The molecule has 0 amide bonds. The van der Waals surface area contributed by atoms with Gasteiger partial charge >= 0.3 is 5.97 Å². The summed E-state index contributed by atoms with van der Waals surface area (Å²) in [7, 11) is 4.14. The maximum atomic E-state index is 14.0. The minimum absolute atomic E-state index is 0.0227. The van der Waals surface area contributed by atoms with Gasteiger partial charge in [-0.25, -0.2) is 4.79 Å². The first-order valence-electron chi connectivity index (χ1n) is 13.3. The Morgan fingerprint density at radius 2 is 1.33 bits per heavy atom. The Bertz CT molecular complexity index is 1060. The standard InChI is InChI=1S/C30H40O9/c1-5-6-7-8-9-10-11-12-16-37-25-17-23(30(33)36-4)18-26(39-21-35-3)28(25)29(32)27-22(19-31)14-13-15-24(27)38-20-34-2/h13-15,17-19H,5-12,16,20-21H2,1-4H3. The van der Waals surface area contributed by atoms with Crippen LogP contribution in [0.2, 0.25) is 0 Å². The SMILES string of the molecule is CCCCCCCCCCOc1cc(C(=O)OC)cc(OCOC)c1C(=O)c1c(C=O)cccc1OCOC. The number of methoxy groups -OCH3 is 3. The first kappa shape index (κ1) is 31.8. The topological polar surface area (TPSA) is 107 Å². The highest BCUT2D eigenvalue weighted by Gasteiger charge is 2.28. The van der Waals surface area contributed by atoms with Crippen molar-refractivity contribution in [3.63, 3.8) is 0 Å². The van der Waals surface area contributed by atoms with Crippen LogP contribution in [-0.4, -0.2) is 59.6 Å². The lowest BCUT2D eigenvalue weighted by atomic mass is 9.95. The average molecular weight is 545 g/mol. The molecule has 0 saturated carbocycles. The molecule has 0 heterocycles. The van der Waals surface area contributed by atoms with E-state index in [1.54, 1.807) is 12.1 Å². The van der Waals surface area contributed by atoms with Crippen LogP contribution in [0.1, 0.15) is 94.9 Å². The molecule has 2 aromatic rings. The molecule has 0 fully saturated rings. The van der Waals surface area contributed by atoms with E-state index in [4.69, 9.17) is 28.4 Å². The molecular weight excluding hydrogens is 504 g/mol. The zero-order valence-electron chi connectivity index (χ0n) is 23.4. The van der Waals surface area contributed by atoms with Crippen molar-refractivity contribution in [2.45, 2.75) is 58.3 Å². The number of unbranched alkanes of at least 4 members (excludes halogenated alkanes) is 7. The van der Waals surface area contributed by atoms with Crippen LogP contribution >= 0.6 is 0 Å². The van der Waals surface area contributed by atoms with Gasteiger partial charge < -0.3 is 28.4 Å². The molecule has 0 N–H and O–H groups in total. The van der Waals surface area contributed by atoms with Crippen molar-refractivity contribution in [3.05, 3.63) is 52.6 Å². The number of rotatable bonds is 20. The van der Waals surface area contributed by atoms with Crippen LogP contribution in [-0.2, 0) is 14.2 Å². The van der Waals surface area contributed by atoms with E-state index in [2.05, 4.69) is 6.92 Å². The number of carbonyl (C=O) groups excluding carboxylic acids is 3. The monoisotopic (exact) mass is 544 g/mol. The Hall–Kier alpha value is -3.43. The number of esters is 1. The second-order valence-corrected chi connectivity index (χ2v) is 8.93. The lowest BCUT2D eigenvalue weighted by Crippen LogP contribution is -2.15. The predicted octanol–water partition coefficient (Wildman–Crippen LogP) is 6.00. The average Bonchev–Trinajstić information content (AvgIpc) is 2.96. The van der Waals surface area contributed by atoms with E-state index in [1.807, 2.05) is 0 Å². The van der Waals surface area contributed by atoms with Crippen LogP contribution in [0.15, 0.2) is 30.3 Å². The van der Waals surface area contributed by atoms with Gasteiger partial charge in [0.25, 0.3) is 0 Å². The first-order chi connectivity index (χ1) is 19.0. The van der Waals surface area contributed by atoms with Crippen molar-refractivity contribution in [1.82, 2.24) is 0 Å². The highest BCUT2D eigenvalue weighted by atomic mass is 16.7. The summed E-state index contributed by atoms with van der Waals surface area (Å²) in [6.45, 7) is 2.21. The maximum Gasteiger partial charge on any atom is 0.338 e. The number of carbonyl (C=O) groups is 3. The highest BCUT2D eigenvalue weighted by molar-refractivity contribution is 6.17. The molecule has 2 rings (SSSR count). The highest BCUT2D eigenvalue weighted by Crippen LogP contribution is 2.36. The van der Waals surface area contributed by atoms with Crippen LogP contribution in [0.3, 0.4) is 0 Å². The third-order valence-corrected chi connectivity index (χ3v) is 6.05. The fourth-order valence-corrected chi connectivity index (χ4v) is 4.07. The summed E-state index contributed by atoms with van der Waals surface area (Å²) in [6.07, 6.45) is 9.53. The number of ether oxygens (including phenoxy) is 6. The normalized spacial score (nSPS) is 10.7. The molecule has 0 saturated heterocycles. The summed E-state index contributed by atoms with van der Waals surface area (Å²) in [4.78, 5) is 38.3. The molecule has 2 aromatic carbocycles. The van der Waals surface area contributed by atoms with E-state index in [0.29, 0.717) is 12.9 Å². The summed E-state index contributed by atoms with van der Waals surface area (Å²) in [5.41, 5.74) is 0.327.